The van der Waals surface area contributed by atoms with E-state index in [1.165, 1.54) is 199 Å². The van der Waals surface area contributed by atoms with Gasteiger partial charge in [-0.05, 0) is 31.6 Å². The predicted octanol–water partition coefficient (Wildman–Crippen LogP) is 20.9. The Morgan fingerprint density at radius 2 is 0.527 bits per heavy atom. The minimum absolute atomic E-state index is 0.108. The first-order valence-corrected chi connectivity index (χ1v) is 40.7. The van der Waals surface area contributed by atoms with Gasteiger partial charge >= 0.3 is 39.5 Å². The highest BCUT2D eigenvalue weighted by Crippen LogP contribution is 2.45. The topological polar surface area (TPSA) is 237 Å². The highest BCUT2D eigenvalue weighted by Gasteiger charge is 2.30. The third-order valence-electron chi connectivity index (χ3n) is 17.1. The molecule has 91 heavy (non-hydrogen) atoms. The second kappa shape index (κ2) is 65.4. The lowest BCUT2D eigenvalue weighted by molar-refractivity contribution is -0.161. The van der Waals surface area contributed by atoms with Crippen LogP contribution in [0.2, 0.25) is 0 Å². The summed E-state index contributed by atoms with van der Waals surface area (Å²) in [6.07, 6.45) is 52.5. The minimum atomic E-state index is -4.95. The monoisotopic (exact) mass is 1340 g/mol. The summed E-state index contributed by atoms with van der Waals surface area (Å²) in [7, 11) is -9.90. The number of ether oxygens (including phenoxy) is 4. The SMILES string of the molecule is CCCCCCCCCCCCCCCCCCC(=O)O[C@H](COC(=O)CCCCCCCCCCC(C)CC)COP(=O)(O)OC[C@@H](O)COP(=O)(O)OC[C@@H](COC(=O)CCCCCCCCCCCCC)OC(=O)CCCCCCCCCCCCCC. The Labute approximate surface area is 556 Å². The molecule has 0 bridgehead atoms. The summed E-state index contributed by atoms with van der Waals surface area (Å²) < 4.78 is 68.4. The molecule has 17 nitrogen and oxygen atoms in total. The first kappa shape index (κ1) is 89.1. The van der Waals surface area contributed by atoms with Crippen molar-refractivity contribution in [2.75, 3.05) is 39.6 Å². The molecule has 0 aliphatic carbocycles. The Morgan fingerprint density at radius 1 is 0.308 bits per heavy atom. The van der Waals surface area contributed by atoms with Crippen LogP contribution < -0.4 is 0 Å². The van der Waals surface area contributed by atoms with Crippen molar-refractivity contribution in [1.82, 2.24) is 0 Å². The Hall–Kier alpha value is -1.94. The number of hydrogen-bond acceptors (Lipinski definition) is 15. The third kappa shape index (κ3) is 65.1. The number of phosphoric acid groups is 2. The van der Waals surface area contributed by atoms with Gasteiger partial charge in [0.15, 0.2) is 12.2 Å². The van der Waals surface area contributed by atoms with Crippen LogP contribution in [0.1, 0.15) is 375 Å². The van der Waals surface area contributed by atoms with Gasteiger partial charge in [-0.1, -0.05) is 324 Å². The summed E-state index contributed by atoms with van der Waals surface area (Å²) in [6.45, 7) is 7.27. The molecule has 0 fully saturated rings. The Bertz CT molecular complexity index is 1760. The van der Waals surface area contributed by atoms with Crippen LogP contribution in [-0.4, -0.2) is 96.7 Å². The molecule has 0 radical (unpaired) electrons. The molecule has 0 aromatic rings. The molecule has 540 valence electrons. The summed E-state index contributed by atoms with van der Waals surface area (Å²) in [5, 5.41) is 10.6. The fourth-order valence-corrected chi connectivity index (χ4v) is 12.5. The first-order valence-electron chi connectivity index (χ1n) is 37.7. The molecule has 0 spiro atoms. The maximum Gasteiger partial charge on any atom is 0.472 e. The van der Waals surface area contributed by atoms with E-state index in [-0.39, 0.29) is 25.7 Å². The van der Waals surface area contributed by atoms with Crippen LogP contribution in [0.5, 0.6) is 0 Å². The van der Waals surface area contributed by atoms with Crippen LogP contribution in [-0.2, 0) is 65.4 Å². The van der Waals surface area contributed by atoms with E-state index in [0.717, 1.165) is 95.8 Å². The van der Waals surface area contributed by atoms with Gasteiger partial charge in [-0.3, -0.25) is 37.3 Å². The van der Waals surface area contributed by atoms with Crippen LogP contribution in [0.4, 0.5) is 0 Å². The molecule has 0 aliphatic rings. The predicted molar refractivity (Wildman–Crippen MR) is 368 cm³/mol. The zero-order chi connectivity index (χ0) is 67.0. The van der Waals surface area contributed by atoms with Crippen LogP contribution in [0.25, 0.3) is 0 Å². The minimum Gasteiger partial charge on any atom is -0.462 e. The van der Waals surface area contributed by atoms with Crippen molar-refractivity contribution in [3.05, 3.63) is 0 Å². The van der Waals surface area contributed by atoms with E-state index in [1.807, 2.05) is 0 Å². The molecular weight excluding hydrogens is 1200 g/mol. The molecule has 0 aromatic heterocycles. The van der Waals surface area contributed by atoms with Crippen molar-refractivity contribution in [2.24, 2.45) is 5.92 Å². The van der Waals surface area contributed by atoms with Crippen molar-refractivity contribution in [3.8, 4) is 0 Å². The van der Waals surface area contributed by atoms with Crippen molar-refractivity contribution >= 4 is 39.5 Å². The van der Waals surface area contributed by atoms with E-state index >= 15 is 0 Å². The van der Waals surface area contributed by atoms with Crippen LogP contribution >= 0.6 is 15.6 Å². The highest BCUT2D eigenvalue weighted by atomic mass is 31.2. The van der Waals surface area contributed by atoms with Crippen LogP contribution in [0.3, 0.4) is 0 Å². The van der Waals surface area contributed by atoms with Crippen LogP contribution in [0.15, 0.2) is 0 Å². The summed E-state index contributed by atoms with van der Waals surface area (Å²) in [4.78, 5) is 72.6. The quantitative estimate of drug-likeness (QED) is 0.0222. The van der Waals surface area contributed by atoms with Gasteiger partial charge in [-0.25, -0.2) is 9.13 Å². The Morgan fingerprint density at radius 3 is 0.780 bits per heavy atom. The van der Waals surface area contributed by atoms with Crippen molar-refractivity contribution in [1.29, 1.82) is 0 Å². The zero-order valence-corrected chi connectivity index (χ0v) is 60.8. The number of carbonyl (C=O) groups excluding carboxylic acids is 4. The number of esters is 4. The maximum absolute atomic E-state index is 13.0. The highest BCUT2D eigenvalue weighted by molar-refractivity contribution is 7.47. The molecular formula is C72H140O17P2. The van der Waals surface area contributed by atoms with E-state index in [0.29, 0.717) is 25.7 Å². The van der Waals surface area contributed by atoms with Crippen molar-refractivity contribution in [3.63, 3.8) is 0 Å². The zero-order valence-electron chi connectivity index (χ0n) is 59.0. The van der Waals surface area contributed by atoms with Gasteiger partial charge in [0.2, 0.25) is 0 Å². The van der Waals surface area contributed by atoms with E-state index < -0.39 is 97.5 Å². The molecule has 3 N–H and O–H groups in total. The van der Waals surface area contributed by atoms with E-state index in [1.54, 1.807) is 0 Å². The largest absolute Gasteiger partial charge is 0.472 e. The van der Waals surface area contributed by atoms with Gasteiger partial charge in [0.25, 0.3) is 0 Å². The summed E-state index contributed by atoms with van der Waals surface area (Å²) in [5.41, 5.74) is 0. The lowest BCUT2D eigenvalue weighted by Crippen LogP contribution is -2.30. The molecule has 0 heterocycles. The number of phosphoric ester groups is 2. The number of unbranched alkanes of at least 4 members (excludes halogenated alkanes) is 43. The molecule has 0 rings (SSSR count). The first-order chi connectivity index (χ1) is 44.1. The fourth-order valence-electron chi connectivity index (χ4n) is 11.0. The van der Waals surface area contributed by atoms with Crippen molar-refractivity contribution < 1.29 is 80.2 Å². The van der Waals surface area contributed by atoms with Gasteiger partial charge in [0.1, 0.15) is 19.3 Å². The summed E-state index contributed by atoms with van der Waals surface area (Å²) >= 11 is 0. The van der Waals surface area contributed by atoms with Gasteiger partial charge in [0.05, 0.1) is 26.4 Å². The lowest BCUT2D eigenvalue weighted by atomic mass is 9.99. The lowest BCUT2D eigenvalue weighted by Gasteiger charge is -2.21. The van der Waals surface area contributed by atoms with Gasteiger partial charge in [-0.2, -0.15) is 0 Å². The molecule has 3 unspecified atom stereocenters. The normalized spacial score (nSPS) is 14.3. The second-order valence-corrected chi connectivity index (χ2v) is 29.1. The van der Waals surface area contributed by atoms with Gasteiger partial charge < -0.3 is 33.8 Å². The molecule has 0 aliphatic heterocycles. The average Bonchev–Trinajstić information content (AvgIpc) is 3.74. The summed E-state index contributed by atoms with van der Waals surface area (Å²) in [5.74, 6) is -1.34. The molecule has 6 atom stereocenters. The van der Waals surface area contributed by atoms with E-state index in [2.05, 4.69) is 34.6 Å². The standard InChI is InChI=1S/C72H140O17P2/c1-6-10-13-16-19-22-25-27-28-29-30-33-36-43-48-53-58-72(77)89-68(62-83-70(75)56-51-46-41-38-37-39-44-49-54-65(5)9-4)64-87-91(80,81)85-60-66(73)59-84-90(78,79)86-63-67(61-82-69(74)55-50-45-40-34-31-24-21-18-15-12-8-3)88-71(76)57-52-47-42-35-32-26-23-20-17-14-11-7-2/h65-68,73H,6-64H2,1-5H3,(H,78,79)(H,80,81)/t65?,66-,67+,68+/m0/s1. The van der Waals surface area contributed by atoms with E-state index in [4.69, 9.17) is 37.0 Å². The maximum atomic E-state index is 13.0. The molecule has 0 saturated heterocycles. The number of rotatable bonds is 72. The molecule has 0 saturated carbocycles. The number of aliphatic hydroxyl groups excluding tert-OH is 1. The van der Waals surface area contributed by atoms with Crippen LogP contribution in [0, 0.1) is 5.92 Å². The summed E-state index contributed by atoms with van der Waals surface area (Å²) in [6, 6.07) is 0. The second-order valence-electron chi connectivity index (χ2n) is 26.2. The third-order valence-corrected chi connectivity index (χ3v) is 19.0. The Balaban J connectivity index is 5.25. The molecule has 0 aromatic carbocycles. The fraction of sp³-hybridized carbons (Fsp3) is 0.944. The number of carbonyl (C=O) groups is 4. The average molecular weight is 1340 g/mol. The number of aliphatic hydroxyl groups is 1. The molecule has 19 heteroatoms. The van der Waals surface area contributed by atoms with Crippen molar-refractivity contribution in [2.45, 2.75) is 393 Å². The number of hydrogen-bond donors (Lipinski definition) is 3. The van der Waals surface area contributed by atoms with E-state index in [9.17, 15) is 43.2 Å². The smallest absolute Gasteiger partial charge is 0.462 e. The van der Waals surface area contributed by atoms with Gasteiger partial charge in [0, 0.05) is 25.7 Å². The van der Waals surface area contributed by atoms with Gasteiger partial charge in [-0.15, -0.1) is 0 Å². The molecule has 0 amide bonds. The Kier molecular flexibility index (Phi) is 64.0.